The van der Waals surface area contributed by atoms with Crippen molar-refractivity contribution in [2.75, 3.05) is 33.7 Å². The monoisotopic (exact) mass is 1600 g/mol. The molecule has 6 aliphatic rings. The SMILES string of the molecule is CN1[CH-]N(C2(c3[c-]c(C4(c5cc[n-]n5)c5ccccc5-c5ccncc54)ccc3)c3ccccc3-c3ccncc32)c2ncccc21.CN1[CH-]N(C2(c3c[c-]c(C4(c5cc[n-]n5)c5ccccc5-c5ccncc54)cc3)c3ccccc3-c3ccncc32)c2ncccc21.[Pt].[Pt]. The number of benzene rings is 6. The van der Waals surface area contributed by atoms with Gasteiger partial charge >= 0.3 is 0 Å². The number of nitrogens with zero attached hydrogens (tertiary/aromatic N) is 14. The Bertz CT molecular complexity index is 5170. The predicted octanol–water partition coefficient (Wildman–Crippen LogP) is 13.5. The van der Waals surface area contributed by atoms with Gasteiger partial charge in [-0.1, -0.05) is 109 Å². The molecule has 0 fully saturated rings. The first kappa shape index (κ1) is 59.0. The van der Waals surface area contributed by atoms with E-state index in [0.29, 0.717) is 0 Å². The van der Waals surface area contributed by atoms with Crippen LogP contribution < -0.4 is 29.8 Å². The molecular formula is C80H52N14Pt2-6. The van der Waals surface area contributed by atoms with Gasteiger partial charge in [0.15, 0.2) is 0 Å². The van der Waals surface area contributed by atoms with Crippen molar-refractivity contribution in [2.45, 2.75) is 21.9 Å². The van der Waals surface area contributed by atoms with E-state index < -0.39 is 21.9 Å². The van der Waals surface area contributed by atoms with Crippen LogP contribution in [0.25, 0.3) is 44.5 Å². The summed E-state index contributed by atoms with van der Waals surface area (Å²) >= 11 is 0. The average molecular weight is 1600 g/mol. The van der Waals surface area contributed by atoms with Crippen LogP contribution in [0.2, 0.25) is 0 Å². The standard InChI is InChI=1S/2C40H26N7.2Pt/c1-46-25-47(38-36(46)14-7-18-43-38)40(33-13-5-3-11-29(33)31-16-20-42-24-35(31)40)27-9-6-8-26(22-27)39(37-17-21-44-45-37)32-12-4-2-10-28(32)30-15-19-41-23-34(30)39;1-46-25-47(38-36(46)11-6-19-43-38)40(33-10-5-3-8-29(33)31-17-21-42-24-35(31)40)27-14-12-26(13-15-27)39(37-18-22-44-45-37)32-9-4-2-7-28(32)30-16-20-41-23-34(30)39;;/h2-21,23-25H,1H3;2-12,14-25H,1H3;;/q2*-3;;. The number of anilines is 4. The van der Waals surface area contributed by atoms with E-state index in [0.717, 1.165) is 123 Å². The van der Waals surface area contributed by atoms with Gasteiger partial charge in [-0.15, -0.1) is 22.3 Å². The van der Waals surface area contributed by atoms with Gasteiger partial charge in [-0.05, 0) is 146 Å². The summed E-state index contributed by atoms with van der Waals surface area (Å²) in [6.45, 7) is 4.31. The second-order valence-electron chi connectivity index (χ2n) is 24.5. The van der Waals surface area contributed by atoms with Gasteiger partial charge in [0.05, 0.1) is 16.4 Å². The summed E-state index contributed by atoms with van der Waals surface area (Å²) in [5, 5.41) is 18.0. The third-order valence-corrected chi connectivity index (χ3v) is 20.3. The molecule has 2 aliphatic heterocycles. The summed E-state index contributed by atoms with van der Waals surface area (Å²) in [6.07, 6.45) is 22.7. The van der Waals surface area contributed by atoms with Gasteiger partial charge in [0, 0.05) is 138 Å². The minimum Gasteiger partial charge on any atom is -0.581 e. The van der Waals surface area contributed by atoms with Gasteiger partial charge < -0.3 is 40.0 Å². The normalized spacial score (nSPS) is 19.6. The number of pyridine rings is 6. The van der Waals surface area contributed by atoms with Crippen LogP contribution in [-0.2, 0) is 64.0 Å². The van der Waals surface area contributed by atoms with Crippen molar-refractivity contribution in [1.82, 2.24) is 50.3 Å². The van der Waals surface area contributed by atoms with E-state index in [2.05, 4.69) is 259 Å². The van der Waals surface area contributed by atoms with Crippen LogP contribution in [0.1, 0.15) is 78.1 Å². The predicted molar refractivity (Wildman–Crippen MR) is 361 cm³/mol. The molecule has 16 heteroatoms. The van der Waals surface area contributed by atoms with E-state index >= 15 is 0 Å². The zero-order valence-electron chi connectivity index (χ0n) is 51.5. The molecule has 14 nitrogen and oxygen atoms in total. The summed E-state index contributed by atoms with van der Waals surface area (Å²) in [4.78, 5) is 37.4. The van der Waals surface area contributed by atoms with Crippen molar-refractivity contribution < 1.29 is 42.1 Å². The first-order chi connectivity index (χ1) is 46.5. The van der Waals surface area contributed by atoms with Crippen LogP contribution in [0.3, 0.4) is 0 Å². The maximum Gasteiger partial charge on any atom is 0.122 e. The van der Waals surface area contributed by atoms with Crippen molar-refractivity contribution >= 4 is 23.0 Å². The van der Waals surface area contributed by atoms with Crippen LogP contribution >= 0.6 is 0 Å². The summed E-state index contributed by atoms with van der Waals surface area (Å²) in [6, 6.07) is 76.1. The summed E-state index contributed by atoms with van der Waals surface area (Å²) in [5.41, 5.74) is 22.9. The Hall–Kier alpha value is -10.8. The molecule has 4 aliphatic carbocycles. The van der Waals surface area contributed by atoms with Crippen LogP contribution in [0.4, 0.5) is 23.0 Å². The summed E-state index contributed by atoms with van der Waals surface area (Å²) in [5.74, 6) is 1.76. The molecule has 468 valence electrons. The maximum absolute atomic E-state index is 4.96. The molecule has 14 aromatic rings. The van der Waals surface area contributed by atoms with Crippen LogP contribution in [0.5, 0.6) is 0 Å². The second-order valence-corrected chi connectivity index (χ2v) is 24.5. The van der Waals surface area contributed by atoms with Crippen molar-refractivity contribution in [1.29, 1.82) is 0 Å². The average Bonchev–Trinajstić information content (AvgIpc) is 1.59. The summed E-state index contributed by atoms with van der Waals surface area (Å²) in [7, 11) is 4.14. The minimum absolute atomic E-state index is 0. The van der Waals surface area contributed by atoms with Crippen molar-refractivity contribution in [3.05, 3.63) is 372 Å². The number of rotatable bonds is 8. The van der Waals surface area contributed by atoms with E-state index in [-0.39, 0.29) is 42.1 Å². The number of fused-ring (bicyclic) bond motifs is 14. The molecule has 4 atom stereocenters. The second kappa shape index (κ2) is 22.4. The first-order valence-corrected chi connectivity index (χ1v) is 31.3. The van der Waals surface area contributed by atoms with Gasteiger partial charge in [0.1, 0.15) is 11.6 Å². The molecule has 96 heavy (non-hydrogen) atoms. The molecule has 0 saturated heterocycles. The molecule has 0 radical (unpaired) electrons. The number of aromatic nitrogens is 10. The van der Waals surface area contributed by atoms with Crippen LogP contribution in [0, 0.1) is 25.5 Å². The van der Waals surface area contributed by atoms with Crippen LogP contribution in [0.15, 0.2) is 268 Å². The Morgan fingerprint density at radius 1 is 0.365 bits per heavy atom. The van der Waals surface area contributed by atoms with E-state index in [1.165, 1.54) is 22.3 Å². The molecule has 0 N–H and O–H groups in total. The Balaban J connectivity index is 0.000000142. The smallest absolute Gasteiger partial charge is 0.122 e. The van der Waals surface area contributed by atoms with Crippen molar-refractivity contribution in [3.63, 3.8) is 0 Å². The van der Waals surface area contributed by atoms with Gasteiger partial charge in [-0.25, -0.2) is 9.97 Å². The molecule has 6 aromatic carbocycles. The fraction of sp³-hybridized carbons (Fsp3) is 0.0750. The minimum atomic E-state index is -0.821. The van der Waals surface area contributed by atoms with Gasteiger partial charge in [-0.2, -0.15) is 74.3 Å². The molecule has 0 bridgehead atoms. The third-order valence-electron chi connectivity index (χ3n) is 20.3. The number of hydrogen-bond acceptors (Lipinski definition) is 12. The van der Waals surface area contributed by atoms with Gasteiger partial charge in [0.25, 0.3) is 0 Å². The van der Waals surface area contributed by atoms with Crippen LogP contribution in [-0.4, -0.2) is 54.2 Å². The summed E-state index contributed by atoms with van der Waals surface area (Å²) < 4.78 is 0. The molecule has 0 spiro atoms. The third kappa shape index (κ3) is 7.76. The molecule has 20 rings (SSSR count). The zero-order valence-corrected chi connectivity index (χ0v) is 56.0. The molecule has 4 unspecified atom stereocenters. The zero-order chi connectivity index (χ0) is 62.3. The number of hydrogen-bond donors (Lipinski definition) is 0. The molecule has 10 heterocycles. The fourth-order valence-corrected chi connectivity index (χ4v) is 16.6. The fourth-order valence-electron chi connectivity index (χ4n) is 16.6. The van der Waals surface area contributed by atoms with Crippen molar-refractivity contribution in [2.24, 2.45) is 0 Å². The first-order valence-electron chi connectivity index (χ1n) is 31.3. The van der Waals surface area contributed by atoms with E-state index in [4.69, 9.17) is 20.1 Å². The Morgan fingerprint density at radius 2 is 0.781 bits per heavy atom. The van der Waals surface area contributed by atoms with E-state index in [1.807, 2.05) is 86.2 Å². The van der Waals surface area contributed by atoms with E-state index in [9.17, 15) is 0 Å². The topological polar surface area (TPSA) is 144 Å². The van der Waals surface area contributed by atoms with Gasteiger partial charge in [0.2, 0.25) is 0 Å². The maximum atomic E-state index is 4.96. The molecule has 8 aromatic heterocycles. The Labute approximate surface area is 583 Å². The molecular weight excluding hydrogens is 1550 g/mol. The Morgan fingerprint density at radius 3 is 1.27 bits per heavy atom. The Kier molecular flexibility index (Phi) is 13.8. The quantitative estimate of drug-likeness (QED) is 0.133. The molecule has 0 amide bonds. The van der Waals surface area contributed by atoms with Gasteiger partial charge in [-0.3, -0.25) is 19.9 Å². The van der Waals surface area contributed by atoms with Crippen molar-refractivity contribution in [3.8, 4) is 44.5 Å². The largest absolute Gasteiger partial charge is 0.581 e. The molecule has 0 saturated carbocycles. The van der Waals surface area contributed by atoms with E-state index in [1.54, 1.807) is 12.4 Å².